The number of aromatic nitrogens is 5. The highest BCUT2D eigenvalue weighted by molar-refractivity contribution is 5.92. The van der Waals surface area contributed by atoms with E-state index in [1.165, 1.54) is 12.1 Å². The number of H-pyrrole nitrogens is 2. The van der Waals surface area contributed by atoms with Crippen LogP contribution < -0.4 is 5.32 Å². The van der Waals surface area contributed by atoms with Gasteiger partial charge in [-0.25, -0.2) is 9.37 Å². The van der Waals surface area contributed by atoms with E-state index >= 15 is 0 Å². The Morgan fingerprint density at radius 2 is 1.96 bits per heavy atom. The maximum absolute atomic E-state index is 12.9. The molecule has 24 heavy (non-hydrogen) atoms. The first-order valence-electron chi connectivity index (χ1n) is 7.53. The number of hydrogen-bond acceptors (Lipinski definition) is 4. The van der Waals surface area contributed by atoms with Crippen molar-refractivity contribution in [3.05, 3.63) is 53.4 Å². The van der Waals surface area contributed by atoms with Gasteiger partial charge in [0.25, 0.3) is 5.91 Å². The van der Waals surface area contributed by atoms with Crippen LogP contribution >= 0.6 is 0 Å². The number of amides is 1. The monoisotopic (exact) mass is 328 g/mol. The molecule has 8 heteroatoms. The van der Waals surface area contributed by atoms with Gasteiger partial charge in [0.2, 0.25) is 0 Å². The number of rotatable bonds is 5. The van der Waals surface area contributed by atoms with Crippen molar-refractivity contribution >= 4 is 5.91 Å². The Morgan fingerprint density at radius 1 is 1.21 bits per heavy atom. The minimum Gasteiger partial charge on any atom is -0.343 e. The summed E-state index contributed by atoms with van der Waals surface area (Å²) in [5.74, 6) is 0.606. The molecule has 0 fully saturated rings. The molecule has 124 valence electrons. The lowest BCUT2D eigenvalue weighted by Gasteiger charge is -1.99. The maximum Gasteiger partial charge on any atom is 0.272 e. The third-order valence-corrected chi connectivity index (χ3v) is 3.50. The Bertz CT molecular complexity index is 836. The average molecular weight is 328 g/mol. The summed E-state index contributed by atoms with van der Waals surface area (Å²) < 4.78 is 12.9. The fourth-order valence-electron chi connectivity index (χ4n) is 2.11. The molecule has 3 rings (SSSR count). The molecule has 1 aromatic carbocycles. The van der Waals surface area contributed by atoms with E-state index in [0.29, 0.717) is 22.9 Å². The smallest absolute Gasteiger partial charge is 0.272 e. The van der Waals surface area contributed by atoms with Crippen molar-refractivity contribution in [2.75, 3.05) is 0 Å². The first-order valence-corrected chi connectivity index (χ1v) is 7.53. The Balaban J connectivity index is 1.62. The summed E-state index contributed by atoms with van der Waals surface area (Å²) in [5.41, 5.74) is 1.93. The zero-order valence-corrected chi connectivity index (χ0v) is 13.3. The minimum atomic E-state index is -0.318. The molecule has 3 N–H and O–H groups in total. The SMILES string of the molecule is CC(C)c1cc(C(=O)NCc2nc(-c3ccc(F)cc3)n[nH]2)n[nH]1. The van der Waals surface area contributed by atoms with E-state index in [1.54, 1.807) is 18.2 Å². The van der Waals surface area contributed by atoms with Crippen molar-refractivity contribution in [3.63, 3.8) is 0 Å². The summed E-state index contributed by atoms with van der Waals surface area (Å²) in [4.78, 5) is 16.3. The van der Waals surface area contributed by atoms with E-state index in [9.17, 15) is 9.18 Å². The lowest BCUT2D eigenvalue weighted by molar-refractivity contribution is 0.0945. The largest absolute Gasteiger partial charge is 0.343 e. The summed E-state index contributed by atoms with van der Waals surface area (Å²) >= 11 is 0. The molecule has 0 saturated carbocycles. The second kappa shape index (κ2) is 6.61. The van der Waals surface area contributed by atoms with Crippen LogP contribution in [0.5, 0.6) is 0 Å². The van der Waals surface area contributed by atoms with Gasteiger partial charge in [-0.05, 0) is 36.2 Å². The van der Waals surface area contributed by atoms with Crippen LogP contribution in [-0.4, -0.2) is 31.3 Å². The quantitative estimate of drug-likeness (QED) is 0.669. The number of benzene rings is 1. The average Bonchev–Trinajstić information content (AvgIpc) is 3.23. The molecule has 0 saturated heterocycles. The fourth-order valence-corrected chi connectivity index (χ4v) is 2.11. The van der Waals surface area contributed by atoms with Gasteiger partial charge < -0.3 is 5.32 Å². The van der Waals surface area contributed by atoms with Gasteiger partial charge in [-0.15, -0.1) is 0 Å². The number of carbonyl (C=O) groups is 1. The number of halogens is 1. The Kier molecular flexibility index (Phi) is 4.37. The van der Waals surface area contributed by atoms with Gasteiger partial charge in [0.05, 0.1) is 6.54 Å². The molecule has 2 aromatic heterocycles. The normalized spacial score (nSPS) is 11.0. The molecular formula is C16H17FN6O. The highest BCUT2D eigenvalue weighted by atomic mass is 19.1. The third kappa shape index (κ3) is 3.48. The van der Waals surface area contributed by atoms with Gasteiger partial charge in [-0.1, -0.05) is 13.8 Å². The van der Waals surface area contributed by atoms with Crippen LogP contribution in [-0.2, 0) is 6.54 Å². The van der Waals surface area contributed by atoms with E-state index in [4.69, 9.17) is 0 Å². The zero-order chi connectivity index (χ0) is 17.1. The zero-order valence-electron chi connectivity index (χ0n) is 13.3. The van der Waals surface area contributed by atoms with Gasteiger partial charge >= 0.3 is 0 Å². The molecule has 0 unspecified atom stereocenters. The van der Waals surface area contributed by atoms with Crippen LogP contribution in [0.15, 0.2) is 30.3 Å². The second-order valence-electron chi connectivity index (χ2n) is 5.66. The number of nitrogens with zero attached hydrogens (tertiary/aromatic N) is 3. The molecule has 2 heterocycles. The Hall–Kier alpha value is -3.03. The second-order valence-corrected chi connectivity index (χ2v) is 5.66. The lowest BCUT2D eigenvalue weighted by Crippen LogP contribution is -2.23. The summed E-state index contributed by atoms with van der Waals surface area (Å²) in [6.07, 6.45) is 0. The molecule has 7 nitrogen and oxygen atoms in total. The highest BCUT2D eigenvalue weighted by Crippen LogP contribution is 2.15. The molecule has 0 radical (unpaired) electrons. The predicted octanol–water partition coefficient (Wildman–Crippen LogP) is 2.39. The van der Waals surface area contributed by atoms with Gasteiger partial charge in [-0.2, -0.15) is 10.2 Å². The molecule has 0 aliphatic rings. The predicted molar refractivity (Wildman–Crippen MR) is 85.6 cm³/mol. The standard InChI is InChI=1S/C16H17FN6O/c1-9(2)12-7-13(21-20-12)16(24)18-8-14-19-15(23-22-14)10-3-5-11(17)6-4-10/h3-7,9H,8H2,1-2H3,(H,18,24)(H,20,21)(H,19,22,23). The molecule has 3 aromatic rings. The lowest BCUT2D eigenvalue weighted by atomic mass is 10.1. The Morgan fingerprint density at radius 3 is 2.62 bits per heavy atom. The minimum absolute atomic E-state index is 0.191. The first kappa shape index (κ1) is 15.9. The van der Waals surface area contributed by atoms with Crippen molar-refractivity contribution in [2.45, 2.75) is 26.3 Å². The van der Waals surface area contributed by atoms with Crippen LogP contribution in [0, 0.1) is 5.82 Å². The van der Waals surface area contributed by atoms with E-state index in [-0.39, 0.29) is 24.2 Å². The third-order valence-electron chi connectivity index (χ3n) is 3.50. The van der Waals surface area contributed by atoms with Gasteiger partial charge in [0, 0.05) is 11.3 Å². The first-order chi connectivity index (χ1) is 11.5. The fraction of sp³-hybridized carbons (Fsp3) is 0.250. The number of nitrogens with one attached hydrogen (secondary N) is 3. The number of hydrogen-bond donors (Lipinski definition) is 3. The van der Waals surface area contributed by atoms with Crippen molar-refractivity contribution in [1.29, 1.82) is 0 Å². The van der Waals surface area contributed by atoms with Crippen LogP contribution in [0.2, 0.25) is 0 Å². The summed E-state index contributed by atoms with van der Waals surface area (Å²) in [6.45, 7) is 4.22. The Labute approximate surface area is 137 Å². The molecule has 1 amide bonds. The van der Waals surface area contributed by atoms with Gasteiger partial charge in [0.15, 0.2) is 5.82 Å². The van der Waals surface area contributed by atoms with Crippen LogP contribution in [0.25, 0.3) is 11.4 Å². The highest BCUT2D eigenvalue weighted by Gasteiger charge is 2.13. The van der Waals surface area contributed by atoms with Crippen LogP contribution in [0.3, 0.4) is 0 Å². The van der Waals surface area contributed by atoms with Crippen molar-refractivity contribution in [2.24, 2.45) is 0 Å². The van der Waals surface area contributed by atoms with E-state index in [0.717, 1.165) is 5.69 Å². The summed E-state index contributed by atoms with van der Waals surface area (Å²) in [5, 5.41) is 16.4. The number of aromatic amines is 2. The molecule has 0 aliphatic carbocycles. The van der Waals surface area contributed by atoms with Crippen molar-refractivity contribution in [1.82, 2.24) is 30.7 Å². The van der Waals surface area contributed by atoms with Gasteiger partial charge in [0.1, 0.15) is 17.3 Å². The molecular weight excluding hydrogens is 311 g/mol. The molecule has 0 spiro atoms. The molecule has 0 bridgehead atoms. The van der Waals surface area contributed by atoms with E-state index < -0.39 is 0 Å². The van der Waals surface area contributed by atoms with Gasteiger partial charge in [-0.3, -0.25) is 15.0 Å². The van der Waals surface area contributed by atoms with Crippen molar-refractivity contribution < 1.29 is 9.18 Å². The number of carbonyl (C=O) groups excluding carboxylic acids is 1. The van der Waals surface area contributed by atoms with Crippen LogP contribution in [0.1, 0.15) is 41.8 Å². The van der Waals surface area contributed by atoms with Crippen molar-refractivity contribution in [3.8, 4) is 11.4 Å². The van der Waals surface area contributed by atoms with Crippen LogP contribution in [0.4, 0.5) is 4.39 Å². The topological polar surface area (TPSA) is 99.3 Å². The molecule has 0 aliphatic heterocycles. The summed E-state index contributed by atoms with van der Waals surface area (Å²) in [7, 11) is 0. The summed E-state index contributed by atoms with van der Waals surface area (Å²) in [6, 6.07) is 7.61. The van der Waals surface area contributed by atoms with E-state index in [1.807, 2.05) is 13.8 Å². The van der Waals surface area contributed by atoms with E-state index in [2.05, 4.69) is 30.7 Å². The molecule has 0 atom stereocenters. The maximum atomic E-state index is 12.9.